The topological polar surface area (TPSA) is 231 Å². The van der Waals surface area contributed by atoms with E-state index in [-0.39, 0.29) is 19.3 Å². The molecule has 0 spiro atoms. The predicted octanol–water partition coefficient (Wildman–Crippen LogP) is 26.8. The van der Waals surface area contributed by atoms with E-state index in [0.717, 1.165) is 167 Å². The Hall–Kier alpha value is -4.57. The molecule has 0 aromatic heterocycles. The number of allylic oxidation sites excluding steroid dienone is 24. The second-order valence-corrected chi connectivity index (χ2v) is 32.2. The van der Waals surface area contributed by atoms with Crippen LogP contribution in [0.2, 0.25) is 0 Å². The lowest BCUT2D eigenvalue weighted by Crippen LogP contribution is -2.30. The second kappa shape index (κ2) is 84.8. The van der Waals surface area contributed by atoms with Crippen LogP contribution in [-0.2, 0) is 55.8 Å². The number of ether oxygens (including phenoxy) is 3. The molecule has 0 rings (SSSR count). The number of aliphatic hydroxyl groups is 2. The SMILES string of the molecule is CC/C=C\C/C=C\C/C=C\C/C=C\C/C=C\C/C=C\CCCCCCCCCCCCCCC(=O)OCC(O)COP(=O)(O)OCC(O)COP(=O)(O)OCC(COC(=O)CCCCCCCCCCCCCCC/C=C\C/C=C\C/C=C\C/C=C\C/C=C\CC)OC(=O)CCCCCCC/C=C\CCCCCCCC. The quantitative estimate of drug-likeness (QED) is 0.0146. The minimum Gasteiger partial charge on any atom is -0.463 e. The minimum absolute atomic E-state index is 0.0939. The molecule has 0 aliphatic heterocycles. The average Bonchev–Trinajstić information content (AvgIpc) is 0.908. The van der Waals surface area contributed by atoms with Gasteiger partial charge in [0.2, 0.25) is 0 Å². The first-order valence-corrected chi connectivity index (χ1v) is 47.1. The van der Waals surface area contributed by atoms with Crippen LogP contribution in [0, 0.1) is 0 Å². The van der Waals surface area contributed by atoms with E-state index in [2.05, 4.69) is 167 Å². The second-order valence-electron chi connectivity index (χ2n) is 29.3. The molecule has 16 nitrogen and oxygen atoms in total. The van der Waals surface area contributed by atoms with Crippen molar-refractivity contribution in [1.82, 2.24) is 0 Å². The van der Waals surface area contributed by atoms with Gasteiger partial charge in [-0.15, -0.1) is 0 Å². The fraction of sp³-hybridized carbons (Fsp3) is 0.710. The van der Waals surface area contributed by atoms with Crippen molar-refractivity contribution in [3.63, 3.8) is 0 Å². The molecular formula is C93H160O16P2. The molecule has 0 amide bonds. The van der Waals surface area contributed by atoms with Gasteiger partial charge < -0.3 is 34.2 Å². The zero-order chi connectivity index (χ0) is 80.8. The molecule has 0 aliphatic rings. The number of aliphatic hydroxyl groups excluding tert-OH is 2. The summed E-state index contributed by atoms with van der Waals surface area (Å²) in [7, 11) is -9.80. The summed E-state index contributed by atoms with van der Waals surface area (Å²) < 4.78 is 61.3. The number of hydrogen-bond acceptors (Lipinski definition) is 14. The highest BCUT2D eigenvalue weighted by atomic mass is 31.2. The van der Waals surface area contributed by atoms with Gasteiger partial charge in [-0.3, -0.25) is 32.5 Å². The maximum Gasteiger partial charge on any atom is 0.472 e. The summed E-state index contributed by atoms with van der Waals surface area (Å²) in [6.45, 7) is 2.48. The smallest absolute Gasteiger partial charge is 0.463 e. The molecule has 0 heterocycles. The average molecular weight is 1600 g/mol. The number of phosphoric acid groups is 2. The normalized spacial score (nSPS) is 14.5. The molecule has 0 bridgehead atoms. The lowest BCUT2D eigenvalue weighted by atomic mass is 10.0. The van der Waals surface area contributed by atoms with Crippen LogP contribution in [0.5, 0.6) is 0 Å². The zero-order valence-corrected chi connectivity index (χ0v) is 71.9. The van der Waals surface area contributed by atoms with Crippen molar-refractivity contribution in [1.29, 1.82) is 0 Å². The molecule has 5 atom stereocenters. The highest BCUT2D eigenvalue weighted by Crippen LogP contribution is 2.45. The standard InChI is InChI=1S/C93H160O16P2/c1-4-7-10-13-16-19-22-25-28-30-32-34-36-38-40-42-43-45-47-48-50-52-54-56-59-61-64-67-70-73-76-79-91(96)103-82-88(94)83-105-110(99,100)106-84-89(95)85-107-111(101,102)108-87-90(109-93(98)81-78-75-72-69-66-63-58-27-24-21-18-15-12-9-6-3)86-104-92(97)80-77-74-71-68-65-62-60-57-55-53-51-49-46-44-41-39-37-35-33-31-29-26-23-20-17-14-11-8-5-2/h7-8,10-11,16-17,19-20,25-29,32-35,38-41,43,45,58,88-90,94-95H,4-6,9,12-15,18,21-24,30-31,36-37,42,44,46-57,59-87H2,1-3H3,(H,99,100)(H,101,102)/b10-7-,11-8-,19-16-,20-17-,28-25-,29-26-,34-32-,35-33-,40-38-,41-39-,45-43-,58-27-. The summed E-state index contributed by atoms with van der Waals surface area (Å²) in [5, 5.41) is 20.7. The summed E-state index contributed by atoms with van der Waals surface area (Å²) in [6, 6.07) is 0. The zero-order valence-electron chi connectivity index (χ0n) is 70.1. The molecule has 0 fully saturated rings. The van der Waals surface area contributed by atoms with Gasteiger partial charge in [0.25, 0.3) is 0 Å². The largest absolute Gasteiger partial charge is 0.472 e. The molecule has 0 aliphatic carbocycles. The Morgan fingerprint density at radius 1 is 0.261 bits per heavy atom. The summed E-state index contributed by atoms with van der Waals surface area (Å²) in [4.78, 5) is 58.8. The van der Waals surface area contributed by atoms with Crippen LogP contribution in [0.3, 0.4) is 0 Å². The van der Waals surface area contributed by atoms with Gasteiger partial charge in [0.15, 0.2) is 6.10 Å². The Morgan fingerprint density at radius 2 is 0.477 bits per heavy atom. The third-order valence-electron chi connectivity index (χ3n) is 18.5. The Labute approximate surface area is 677 Å². The van der Waals surface area contributed by atoms with Gasteiger partial charge in [-0.1, -0.05) is 353 Å². The monoisotopic (exact) mass is 1600 g/mol. The molecule has 0 aromatic carbocycles. The number of rotatable bonds is 83. The van der Waals surface area contributed by atoms with Crippen LogP contribution in [0.4, 0.5) is 0 Å². The van der Waals surface area contributed by atoms with E-state index >= 15 is 0 Å². The van der Waals surface area contributed by atoms with E-state index in [4.69, 9.17) is 32.3 Å². The highest BCUT2D eigenvalue weighted by Gasteiger charge is 2.29. The Morgan fingerprint density at radius 3 is 0.766 bits per heavy atom. The van der Waals surface area contributed by atoms with Gasteiger partial charge in [0.05, 0.1) is 26.4 Å². The van der Waals surface area contributed by atoms with Crippen LogP contribution < -0.4 is 0 Å². The first-order chi connectivity index (χ1) is 54.2. The lowest BCUT2D eigenvalue weighted by Gasteiger charge is -2.21. The van der Waals surface area contributed by atoms with E-state index < -0.39 is 91.5 Å². The van der Waals surface area contributed by atoms with Gasteiger partial charge in [-0.2, -0.15) is 0 Å². The fourth-order valence-electron chi connectivity index (χ4n) is 11.9. The number of unbranched alkanes of at least 4 members (excludes halogenated alkanes) is 36. The molecule has 0 aromatic rings. The van der Waals surface area contributed by atoms with Crippen LogP contribution >= 0.6 is 15.6 Å². The first kappa shape index (κ1) is 106. The van der Waals surface area contributed by atoms with Gasteiger partial charge in [-0.05, 0) is 141 Å². The van der Waals surface area contributed by atoms with Gasteiger partial charge in [0.1, 0.15) is 25.4 Å². The number of hydrogen-bond donors (Lipinski definition) is 4. The Bertz CT molecular complexity index is 2600. The van der Waals surface area contributed by atoms with E-state index in [9.17, 15) is 43.5 Å². The molecular weight excluding hydrogens is 1430 g/mol. The predicted molar refractivity (Wildman–Crippen MR) is 463 cm³/mol. The van der Waals surface area contributed by atoms with Crippen molar-refractivity contribution in [2.45, 2.75) is 386 Å². The molecule has 111 heavy (non-hydrogen) atoms. The minimum atomic E-state index is -4.94. The summed E-state index contributed by atoms with van der Waals surface area (Å²) >= 11 is 0. The third kappa shape index (κ3) is 86.1. The summed E-state index contributed by atoms with van der Waals surface area (Å²) in [5.74, 6) is -1.58. The molecule has 5 unspecified atom stereocenters. The molecule has 0 radical (unpaired) electrons. The summed E-state index contributed by atoms with van der Waals surface area (Å²) in [5.41, 5.74) is 0. The summed E-state index contributed by atoms with van der Waals surface area (Å²) in [6.07, 6.45) is 106. The maximum absolute atomic E-state index is 13.0. The Balaban J connectivity index is 4.50. The van der Waals surface area contributed by atoms with E-state index in [1.165, 1.54) is 141 Å². The van der Waals surface area contributed by atoms with Gasteiger partial charge in [0, 0.05) is 19.3 Å². The number of carbonyl (C=O) groups is 3. The van der Waals surface area contributed by atoms with E-state index in [1.807, 2.05) is 0 Å². The van der Waals surface area contributed by atoms with Crippen molar-refractivity contribution >= 4 is 33.6 Å². The molecule has 0 saturated carbocycles. The van der Waals surface area contributed by atoms with Crippen LogP contribution in [0.25, 0.3) is 0 Å². The van der Waals surface area contributed by atoms with Crippen LogP contribution in [0.1, 0.15) is 367 Å². The van der Waals surface area contributed by atoms with Crippen LogP contribution in [-0.4, -0.2) is 95.9 Å². The highest BCUT2D eigenvalue weighted by molar-refractivity contribution is 7.47. The number of phosphoric ester groups is 2. The molecule has 4 N–H and O–H groups in total. The maximum atomic E-state index is 13.0. The first-order valence-electron chi connectivity index (χ1n) is 44.1. The van der Waals surface area contributed by atoms with E-state index in [1.54, 1.807) is 0 Å². The fourth-order valence-corrected chi connectivity index (χ4v) is 13.5. The van der Waals surface area contributed by atoms with Gasteiger partial charge in [-0.25, -0.2) is 9.13 Å². The van der Waals surface area contributed by atoms with Crippen molar-refractivity contribution in [3.05, 3.63) is 146 Å². The van der Waals surface area contributed by atoms with Crippen molar-refractivity contribution in [3.8, 4) is 0 Å². The third-order valence-corrected chi connectivity index (χ3v) is 20.4. The lowest BCUT2D eigenvalue weighted by molar-refractivity contribution is -0.161. The van der Waals surface area contributed by atoms with Crippen molar-refractivity contribution < 1.29 is 75.8 Å². The number of esters is 3. The number of carbonyl (C=O) groups excluding carboxylic acids is 3. The Kier molecular flexibility index (Phi) is 81.3. The van der Waals surface area contributed by atoms with Crippen molar-refractivity contribution in [2.75, 3.05) is 39.6 Å². The van der Waals surface area contributed by atoms with Crippen LogP contribution in [0.15, 0.2) is 146 Å². The molecule has 0 saturated heterocycles. The molecule has 638 valence electrons. The van der Waals surface area contributed by atoms with E-state index in [0.29, 0.717) is 19.3 Å². The van der Waals surface area contributed by atoms with Crippen molar-refractivity contribution in [2.24, 2.45) is 0 Å². The molecule has 18 heteroatoms. The van der Waals surface area contributed by atoms with Gasteiger partial charge >= 0.3 is 33.6 Å².